The van der Waals surface area contributed by atoms with E-state index in [2.05, 4.69) is 20.8 Å². The van der Waals surface area contributed by atoms with E-state index < -0.39 is 0 Å². The van der Waals surface area contributed by atoms with Gasteiger partial charge in [-0.1, -0.05) is 20.8 Å². The summed E-state index contributed by atoms with van der Waals surface area (Å²) in [5.41, 5.74) is 0.138. The summed E-state index contributed by atoms with van der Waals surface area (Å²) in [5.74, 6) is -0.766. The monoisotopic (exact) mass is 201 g/mol. The third kappa shape index (κ3) is 5.70. The number of nitrogens with zero attached hydrogens (tertiary/aromatic N) is 1. The molecular formula is C10H19NO3. The quantitative estimate of drug-likeness (QED) is 0.653. The molecule has 14 heavy (non-hydrogen) atoms. The minimum absolute atomic E-state index is 0.138. The number of hydroxylamine groups is 2. The molecule has 0 fully saturated rings. The minimum Gasteiger partial charge on any atom is -0.272 e. The second kappa shape index (κ2) is 5.10. The Morgan fingerprint density at radius 2 is 1.57 bits per heavy atom. The zero-order valence-corrected chi connectivity index (χ0v) is 9.59. The molecular weight excluding hydrogens is 182 g/mol. The van der Waals surface area contributed by atoms with Crippen LogP contribution in [-0.4, -0.2) is 23.5 Å². The Bertz CT molecular complexity index is 204. The molecule has 4 heteroatoms. The van der Waals surface area contributed by atoms with Crippen LogP contribution in [0.1, 0.15) is 41.0 Å². The maximum atomic E-state index is 10.9. The molecule has 2 amide bonds. The van der Waals surface area contributed by atoms with Gasteiger partial charge in [-0.3, -0.25) is 14.4 Å². The lowest BCUT2D eigenvalue weighted by atomic mass is 9.93. The average molecular weight is 201 g/mol. The summed E-state index contributed by atoms with van der Waals surface area (Å²) in [6.45, 7) is 9.20. The maximum absolute atomic E-state index is 10.9. The van der Waals surface area contributed by atoms with Crippen molar-refractivity contribution in [2.24, 2.45) is 5.41 Å². The van der Waals surface area contributed by atoms with Gasteiger partial charge in [0, 0.05) is 13.8 Å². The number of carbonyl (C=O) groups is 2. The van der Waals surface area contributed by atoms with Gasteiger partial charge in [0.05, 0.1) is 6.61 Å². The first-order valence-electron chi connectivity index (χ1n) is 4.68. The standard InChI is InChI=1S/C10H19NO3/c1-8(12)11(9(2)13)14-7-6-10(3,4)5/h6-7H2,1-5H3. The van der Waals surface area contributed by atoms with Crippen LogP contribution >= 0.6 is 0 Å². The van der Waals surface area contributed by atoms with Crippen LogP contribution in [0.25, 0.3) is 0 Å². The van der Waals surface area contributed by atoms with Gasteiger partial charge in [0.1, 0.15) is 0 Å². The summed E-state index contributed by atoms with van der Waals surface area (Å²) in [4.78, 5) is 26.9. The third-order valence-electron chi connectivity index (χ3n) is 1.64. The van der Waals surface area contributed by atoms with Crippen LogP contribution in [0.4, 0.5) is 0 Å². The maximum Gasteiger partial charge on any atom is 0.250 e. The predicted octanol–water partition coefficient (Wildman–Crippen LogP) is 1.75. The number of rotatable bonds is 3. The van der Waals surface area contributed by atoms with Gasteiger partial charge in [0.15, 0.2) is 0 Å². The summed E-state index contributed by atoms with van der Waals surface area (Å²) in [5, 5.41) is 0.797. The molecule has 4 nitrogen and oxygen atoms in total. The van der Waals surface area contributed by atoms with Crippen molar-refractivity contribution in [1.82, 2.24) is 5.06 Å². The van der Waals surface area contributed by atoms with Crippen molar-refractivity contribution in [1.29, 1.82) is 0 Å². The van der Waals surface area contributed by atoms with Crippen LogP contribution in [0.5, 0.6) is 0 Å². The third-order valence-corrected chi connectivity index (χ3v) is 1.64. The number of carbonyl (C=O) groups excluding carboxylic acids is 2. The molecule has 0 aliphatic rings. The Morgan fingerprint density at radius 1 is 1.14 bits per heavy atom. The van der Waals surface area contributed by atoms with E-state index in [1.807, 2.05) is 0 Å². The minimum atomic E-state index is -0.383. The lowest BCUT2D eigenvalue weighted by molar-refractivity contribution is -0.193. The molecule has 0 radical (unpaired) electrons. The van der Waals surface area contributed by atoms with Crippen LogP contribution in [0, 0.1) is 5.41 Å². The second-order valence-electron chi connectivity index (χ2n) is 4.48. The van der Waals surface area contributed by atoms with Crippen molar-refractivity contribution in [3.63, 3.8) is 0 Å². The van der Waals surface area contributed by atoms with Gasteiger partial charge in [-0.15, -0.1) is 0 Å². The van der Waals surface area contributed by atoms with E-state index in [0.29, 0.717) is 6.61 Å². The van der Waals surface area contributed by atoms with Crippen molar-refractivity contribution >= 4 is 11.8 Å². The van der Waals surface area contributed by atoms with Crippen LogP contribution in [0.2, 0.25) is 0 Å². The van der Waals surface area contributed by atoms with Gasteiger partial charge in [0.2, 0.25) is 11.8 Å². The largest absolute Gasteiger partial charge is 0.272 e. The molecule has 0 rings (SSSR count). The zero-order valence-electron chi connectivity index (χ0n) is 9.59. The Labute approximate surface area is 85.2 Å². The highest BCUT2D eigenvalue weighted by atomic mass is 16.7. The molecule has 0 aromatic carbocycles. The van der Waals surface area contributed by atoms with Crippen molar-refractivity contribution in [2.75, 3.05) is 6.61 Å². The fraction of sp³-hybridized carbons (Fsp3) is 0.800. The second-order valence-corrected chi connectivity index (χ2v) is 4.48. The van der Waals surface area contributed by atoms with Crippen molar-refractivity contribution < 1.29 is 14.4 Å². The van der Waals surface area contributed by atoms with Gasteiger partial charge in [-0.05, 0) is 11.8 Å². The van der Waals surface area contributed by atoms with Crippen LogP contribution in [0.15, 0.2) is 0 Å². The van der Waals surface area contributed by atoms with Crippen molar-refractivity contribution in [3.8, 4) is 0 Å². The molecule has 0 aliphatic heterocycles. The molecule has 0 saturated carbocycles. The first kappa shape index (κ1) is 13.1. The molecule has 0 atom stereocenters. The van der Waals surface area contributed by atoms with E-state index in [-0.39, 0.29) is 17.2 Å². The SMILES string of the molecule is CC(=O)N(OCCC(C)(C)C)C(C)=O. The number of hydrogen-bond donors (Lipinski definition) is 0. The van der Waals surface area contributed by atoms with Gasteiger partial charge in [-0.25, -0.2) is 0 Å². The van der Waals surface area contributed by atoms with E-state index in [0.717, 1.165) is 11.5 Å². The Kier molecular flexibility index (Phi) is 4.77. The highest BCUT2D eigenvalue weighted by Gasteiger charge is 2.16. The fourth-order valence-corrected chi connectivity index (χ4v) is 0.847. The highest BCUT2D eigenvalue weighted by molar-refractivity contribution is 5.91. The van der Waals surface area contributed by atoms with Crippen molar-refractivity contribution in [2.45, 2.75) is 41.0 Å². The highest BCUT2D eigenvalue weighted by Crippen LogP contribution is 2.18. The first-order chi connectivity index (χ1) is 6.24. The molecule has 0 spiro atoms. The van der Waals surface area contributed by atoms with Gasteiger partial charge >= 0.3 is 0 Å². The lowest BCUT2D eigenvalue weighted by Gasteiger charge is -2.21. The van der Waals surface area contributed by atoms with Gasteiger partial charge < -0.3 is 0 Å². The summed E-state index contributed by atoms with van der Waals surface area (Å²) in [6, 6.07) is 0. The molecule has 0 saturated heterocycles. The van der Waals surface area contributed by atoms with E-state index >= 15 is 0 Å². The van der Waals surface area contributed by atoms with Gasteiger partial charge in [-0.2, -0.15) is 5.06 Å². The lowest BCUT2D eigenvalue weighted by Crippen LogP contribution is -2.34. The molecule has 0 bridgehead atoms. The van der Waals surface area contributed by atoms with E-state index in [4.69, 9.17) is 4.84 Å². The normalized spacial score (nSPS) is 11.2. The smallest absolute Gasteiger partial charge is 0.250 e. The van der Waals surface area contributed by atoms with Crippen LogP contribution in [-0.2, 0) is 14.4 Å². The number of hydrogen-bond acceptors (Lipinski definition) is 3. The summed E-state index contributed by atoms with van der Waals surface area (Å²) in [6.07, 6.45) is 0.796. The summed E-state index contributed by atoms with van der Waals surface area (Å²) in [7, 11) is 0. The fourth-order valence-electron chi connectivity index (χ4n) is 0.847. The van der Waals surface area contributed by atoms with Gasteiger partial charge in [0.25, 0.3) is 0 Å². The Balaban J connectivity index is 3.97. The molecule has 0 unspecified atom stereocenters. The van der Waals surface area contributed by atoms with Crippen LogP contribution < -0.4 is 0 Å². The molecule has 0 aromatic rings. The van der Waals surface area contributed by atoms with Crippen molar-refractivity contribution in [3.05, 3.63) is 0 Å². The molecule has 0 N–H and O–H groups in total. The summed E-state index contributed by atoms with van der Waals surface area (Å²) >= 11 is 0. The molecule has 0 aliphatic carbocycles. The molecule has 82 valence electrons. The molecule has 0 heterocycles. The molecule has 0 aromatic heterocycles. The van der Waals surface area contributed by atoms with E-state index in [9.17, 15) is 9.59 Å². The predicted molar refractivity (Wildman–Crippen MR) is 53.2 cm³/mol. The Morgan fingerprint density at radius 3 is 1.86 bits per heavy atom. The van der Waals surface area contributed by atoms with Crippen LogP contribution in [0.3, 0.4) is 0 Å². The topological polar surface area (TPSA) is 46.6 Å². The number of imide groups is 1. The average Bonchev–Trinajstić information content (AvgIpc) is 1.94. The number of amides is 2. The zero-order chi connectivity index (χ0) is 11.4. The Hall–Kier alpha value is -0.900. The first-order valence-corrected chi connectivity index (χ1v) is 4.68. The van der Waals surface area contributed by atoms with E-state index in [1.54, 1.807) is 0 Å². The summed E-state index contributed by atoms with van der Waals surface area (Å²) < 4.78 is 0. The van der Waals surface area contributed by atoms with E-state index in [1.165, 1.54) is 13.8 Å².